The van der Waals surface area contributed by atoms with Crippen LogP contribution in [0.5, 0.6) is 0 Å². The van der Waals surface area contributed by atoms with Gasteiger partial charge in [0.15, 0.2) is 0 Å². The van der Waals surface area contributed by atoms with Gasteiger partial charge in [-0.15, -0.1) is 0 Å². The Balaban J connectivity index is 1.87. The largest absolute Gasteiger partial charge is 0.361 e. The van der Waals surface area contributed by atoms with Gasteiger partial charge in [-0.2, -0.15) is 0 Å². The number of halogens is 1. The molecule has 0 amide bonds. The lowest BCUT2D eigenvalue weighted by molar-refractivity contribution is 0.198. The topological polar surface area (TPSA) is 12.5 Å². The Labute approximate surface area is 82.7 Å². The fourth-order valence-corrected chi connectivity index (χ4v) is 2.35. The van der Waals surface area contributed by atoms with Crippen LogP contribution in [0.25, 0.3) is 0 Å². The predicted octanol–water partition coefficient (Wildman–Crippen LogP) is 3.33. The standard InChI is InChI=1S/C11H11ClO/c12-9-4-1-3-8(7-9)10-11(13-10)5-2-6-11/h1,3-4,7,10H,2,5-6H2. The van der Waals surface area contributed by atoms with Crippen molar-refractivity contribution in [3.63, 3.8) is 0 Å². The van der Waals surface area contributed by atoms with Gasteiger partial charge < -0.3 is 4.74 Å². The maximum atomic E-state index is 5.92. The highest BCUT2D eigenvalue weighted by Crippen LogP contribution is 2.61. The molecule has 1 saturated carbocycles. The number of epoxide rings is 1. The fraction of sp³-hybridized carbons (Fsp3) is 0.455. The van der Waals surface area contributed by atoms with Crippen molar-refractivity contribution in [1.29, 1.82) is 0 Å². The average molecular weight is 195 g/mol. The Morgan fingerprint density at radius 2 is 2.23 bits per heavy atom. The van der Waals surface area contributed by atoms with Gasteiger partial charge in [-0.25, -0.2) is 0 Å². The lowest BCUT2D eigenvalue weighted by Gasteiger charge is -2.21. The molecule has 1 aliphatic carbocycles. The second kappa shape index (κ2) is 2.49. The molecule has 0 radical (unpaired) electrons. The maximum absolute atomic E-state index is 5.92. The molecule has 13 heavy (non-hydrogen) atoms. The van der Waals surface area contributed by atoms with Crippen LogP contribution in [-0.2, 0) is 4.74 Å². The molecule has 1 atom stereocenters. The Hall–Kier alpha value is -0.530. The zero-order chi connectivity index (χ0) is 8.89. The summed E-state index contributed by atoms with van der Waals surface area (Å²) in [6.45, 7) is 0. The summed E-state index contributed by atoms with van der Waals surface area (Å²) >= 11 is 5.92. The molecule has 3 rings (SSSR count). The number of hydrogen-bond donors (Lipinski definition) is 0. The Morgan fingerprint density at radius 3 is 2.77 bits per heavy atom. The van der Waals surface area contributed by atoms with E-state index in [2.05, 4.69) is 6.07 Å². The fourth-order valence-electron chi connectivity index (χ4n) is 2.15. The first-order valence-electron chi connectivity index (χ1n) is 4.73. The van der Waals surface area contributed by atoms with Crippen molar-refractivity contribution < 1.29 is 4.74 Å². The van der Waals surface area contributed by atoms with Gasteiger partial charge in [-0.05, 0) is 37.0 Å². The van der Waals surface area contributed by atoms with E-state index >= 15 is 0 Å². The first-order valence-corrected chi connectivity index (χ1v) is 5.11. The van der Waals surface area contributed by atoms with E-state index in [0.29, 0.717) is 6.10 Å². The van der Waals surface area contributed by atoms with Crippen LogP contribution in [0.15, 0.2) is 24.3 Å². The van der Waals surface area contributed by atoms with Crippen LogP contribution in [0.3, 0.4) is 0 Å². The Morgan fingerprint density at radius 1 is 1.38 bits per heavy atom. The van der Waals surface area contributed by atoms with Crippen molar-refractivity contribution in [2.24, 2.45) is 0 Å². The molecule has 0 N–H and O–H groups in total. The highest BCUT2D eigenvalue weighted by Gasteiger charge is 2.60. The van der Waals surface area contributed by atoms with E-state index in [1.54, 1.807) is 0 Å². The molecule has 1 aromatic rings. The van der Waals surface area contributed by atoms with Crippen LogP contribution in [0.1, 0.15) is 30.9 Å². The van der Waals surface area contributed by atoms with Crippen LogP contribution >= 0.6 is 11.6 Å². The third kappa shape index (κ3) is 1.11. The van der Waals surface area contributed by atoms with Gasteiger partial charge in [-0.1, -0.05) is 23.7 Å². The minimum Gasteiger partial charge on any atom is -0.361 e. The van der Waals surface area contributed by atoms with Gasteiger partial charge in [0.1, 0.15) is 6.10 Å². The molecular formula is C11H11ClO. The van der Waals surface area contributed by atoms with Gasteiger partial charge in [0.2, 0.25) is 0 Å². The highest BCUT2D eigenvalue weighted by atomic mass is 35.5. The van der Waals surface area contributed by atoms with E-state index in [1.807, 2.05) is 18.2 Å². The van der Waals surface area contributed by atoms with Crippen molar-refractivity contribution in [3.05, 3.63) is 34.9 Å². The van der Waals surface area contributed by atoms with Crippen LogP contribution in [0, 0.1) is 0 Å². The van der Waals surface area contributed by atoms with Crippen molar-refractivity contribution in [2.75, 3.05) is 0 Å². The van der Waals surface area contributed by atoms with Crippen LogP contribution < -0.4 is 0 Å². The number of benzene rings is 1. The van der Waals surface area contributed by atoms with Crippen molar-refractivity contribution in [1.82, 2.24) is 0 Å². The molecule has 0 bridgehead atoms. The quantitative estimate of drug-likeness (QED) is 0.625. The molecule has 0 aromatic heterocycles. The molecule has 68 valence electrons. The first-order chi connectivity index (χ1) is 6.30. The molecule has 1 spiro atoms. The zero-order valence-corrected chi connectivity index (χ0v) is 8.05. The average Bonchev–Trinajstić information content (AvgIpc) is 2.77. The van der Waals surface area contributed by atoms with E-state index in [0.717, 1.165) is 5.02 Å². The summed E-state index contributed by atoms with van der Waals surface area (Å²) in [5.41, 5.74) is 1.47. The molecule has 2 aliphatic rings. The van der Waals surface area contributed by atoms with Crippen molar-refractivity contribution in [2.45, 2.75) is 31.0 Å². The molecule has 1 heterocycles. The molecule has 1 unspecified atom stereocenters. The maximum Gasteiger partial charge on any atom is 0.112 e. The molecule has 1 nitrogen and oxygen atoms in total. The van der Waals surface area contributed by atoms with Crippen molar-refractivity contribution >= 4 is 11.6 Å². The van der Waals surface area contributed by atoms with Gasteiger partial charge in [0.25, 0.3) is 0 Å². The normalized spacial score (nSPS) is 28.5. The Bertz CT molecular complexity index is 344. The summed E-state index contributed by atoms with van der Waals surface area (Å²) in [6, 6.07) is 8.01. The first kappa shape index (κ1) is 7.84. The summed E-state index contributed by atoms with van der Waals surface area (Å²) in [5.74, 6) is 0. The number of hydrogen-bond acceptors (Lipinski definition) is 1. The molecule has 1 aliphatic heterocycles. The monoisotopic (exact) mass is 194 g/mol. The lowest BCUT2D eigenvalue weighted by atomic mass is 9.80. The third-order valence-corrected chi connectivity index (χ3v) is 3.36. The molecule has 2 fully saturated rings. The number of ether oxygens (including phenoxy) is 1. The minimum absolute atomic E-state index is 0.227. The van der Waals surface area contributed by atoms with E-state index in [-0.39, 0.29) is 5.60 Å². The summed E-state index contributed by atoms with van der Waals surface area (Å²) in [6.07, 6.45) is 4.10. The third-order valence-electron chi connectivity index (χ3n) is 3.12. The van der Waals surface area contributed by atoms with E-state index < -0.39 is 0 Å². The molecule has 1 saturated heterocycles. The molecule has 2 heteroatoms. The zero-order valence-electron chi connectivity index (χ0n) is 7.29. The van der Waals surface area contributed by atoms with Crippen LogP contribution in [0.4, 0.5) is 0 Å². The smallest absolute Gasteiger partial charge is 0.112 e. The predicted molar refractivity (Wildman–Crippen MR) is 51.9 cm³/mol. The van der Waals surface area contributed by atoms with Crippen molar-refractivity contribution in [3.8, 4) is 0 Å². The summed E-state index contributed by atoms with van der Waals surface area (Å²) < 4.78 is 5.72. The van der Waals surface area contributed by atoms with Crippen LogP contribution in [0.2, 0.25) is 5.02 Å². The van der Waals surface area contributed by atoms with E-state index in [4.69, 9.17) is 16.3 Å². The lowest BCUT2D eigenvalue weighted by Crippen LogP contribution is -2.22. The van der Waals surface area contributed by atoms with E-state index in [9.17, 15) is 0 Å². The summed E-state index contributed by atoms with van der Waals surface area (Å²) in [5, 5.41) is 0.808. The second-order valence-electron chi connectivity index (χ2n) is 3.97. The van der Waals surface area contributed by atoms with E-state index in [1.165, 1.54) is 24.8 Å². The Kier molecular flexibility index (Phi) is 1.50. The van der Waals surface area contributed by atoms with Gasteiger partial charge in [0, 0.05) is 5.02 Å². The van der Waals surface area contributed by atoms with Crippen LogP contribution in [-0.4, -0.2) is 5.60 Å². The molecule has 1 aromatic carbocycles. The van der Waals surface area contributed by atoms with Gasteiger partial charge in [0.05, 0.1) is 5.60 Å². The SMILES string of the molecule is Clc1cccc(C2OC23CCC3)c1. The second-order valence-corrected chi connectivity index (χ2v) is 4.41. The molecular weight excluding hydrogens is 184 g/mol. The highest BCUT2D eigenvalue weighted by molar-refractivity contribution is 6.30. The minimum atomic E-state index is 0.227. The summed E-state index contributed by atoms with van der Waals surface area (Å²) in [4.78, 5) is 0. The summed E-state index contributed by atoms with van der Waals surface area (Å²) in [7, 11) is 0. The number of rotatable bonds is 1. The van der Waals surface area contributed by atoms with Gasteiger partial charge >= 0.3 is 0 Å². The van der Waals surface area contributed by atoms with Gasteiger partial charge in [-0.3, -0.25) is 0 Å².